The number of rotatable bonds is 5. The first-order valence-corrected chi connectivity index (χ1v) is 8.13. The van der Waals surface area contributed by atoms with Crippen molar-refractivity contribution in [2.24, 2.45) is 0 Å². The summed E-state index contributed by atoms with van der Waals surface area (Å²) >= 11 is 0. The van der Waals surface area contributed by atoms with E-state index in [1.54, 1.807) is 12.1 Å². The number of hydrogen-bond donors (Lipinski definition) is 0. The van der Waals surface area contributed by atoms with Crippen molar-refractivity contribution in [1.29, 1.82) is 5.26 Å². The third-order valence-corrected chi connectivity index (χ3v) is 3.74. The van der Waals surface area contributed by atoms with Gasteiger partial charge in [-0.25, -0.2) is 9.37 Å². The fraction of sp³-hybridized carbons (Fsp3) is 0.143. The largest absolute Gasteiger partial charge is 0.457 e. The summed E-state index contributed by atoms with van der Waals surface area (Å²) in [5.74, 6) is 0.929. The molecule has 4 heteroatoms. The van der Waals surface area contributed by atoms with Crippen molar-refractivity contribution in [3.05, 3.63) is 77.7 Å². The molecule has 0 saturated carbocycles. The number of nitrogens with zero attached hydrogens (tertiary/aromatic N) is 2. The maximum atomic E-state index is 12.9. The lowest BCUT2D eigenvalue weighted by Gasteiger charge is -2.08. The lowest BCUT2D eigenvalue weighted by Crippen LogP contribution is -1.93. The van der Waals surface area contributed by atoms with Crippen LogP contribution >= 0.6 is 0 Å². The van der Waals surface area contributed by atoms with Crippen LogP contribution in [0.3, 0.4) is 0 Å². The minimum Gasteiger partial charge on any atom is -0.457 e. The summed E-state index contributed by atoms with van der Waals surface area (Å²) in [6, 6.07) is 19.3. The zero-order valence-electron chi connectivity index (χ0n) is 13.9. The summed E-state index contributed by atoms with van der Waals surface area (Å²) in [4.78, 5) is 4.38. The van der Waals surface area contributed by atoms with Crippen molar-refractivity contribution in [2.75, 3.05) is 0 Å². The van der Waals surface area contributed by atoms with E-state index in [1.807, 2.05) is 36.4 Å². The minimum atomic E-state index is -0.297. The molecule has 0 aliphatic carbocycles. The van der Waals surface area contributed by atoms with Crippen LogP contribution in [0.5, 0.6) is 11.5 Å². The van der Waals surface area contributed by atoms with Gasteiger partial charge in [0.2, 0.25) is 0 Å². The Balaban J connectivity index is 1.83. The molecule has 0 spiro atoms. The van der Waals surface area contributed by atoms with Gasteiger partial charge in [0.25, 0.3) is 0 Å². The van der Waals surface area contributed by atoms with Gasteiger partial charge in [0.05, 0.1) is 5.69 Å². The van der Waals surface area contributed by atoms with Crippen molar-refractivity contribution < 1.29 is 9.13 Å². The number of nitriles is 1. The molecule has 3 nitrogen and oxygen atoms in total. The van der Waals surface area contributed by atoms with Crippen molar-refractivity contribution >= 4 is 0 Å². The van der Waals surface area contributed by atoms with E-state index in [9.17, 15) is 9.65 Å². The maximum Gasteiger partial charge on any atom is 0.141 e. The highest BCUT2D eigenvalue weighted by molar-refractivity contribution is 5.62. The van der Waals surface area contributed by atoms with E-state index in [4.69, 9.17) is 4.74 Å². The summed E-state index contributed by atoms with van der Waals surface area (Å²) < 4.78 is 18.6. The van der Waals surface area contributed by atoms with E-state index >= 15 is 0 Å². The van der Waals surface area contributed by atoms with Crippen LogP contribution < -0.4 is 4.74 Å². The molecule has 0 radical (unpaired) electrons. The topological polar surface area (TPSA) is 45.9 Å². The molecule has 0 atom stereocenters. The Labute approximate surface area is 146 Å². The molecule has 0 aliphatic heterocycles. The number of ether oxygens (including phenoxy) is 1. The molecular weight excluding hydrogens is 315 g/mol. The second-order valence-electron chi connectivity index (χ2n) is 5.69. The second kappa shape index (κ2) is 7.59. The highest BCUT2D eigenvalue weighted by Gasteiger charge is 2.06. The molecule has 0 N–H and O–H groups in total. The molecule has 1 heterocycles. The van der Waals surface area contributed by atoms with E-state index in [0.717, 1.165) is 29.7 Å². The molecule has 0 unspecified atom stereocenters. The lowest BCUT2D eigenvalue weighted by molar-refractivity contribution is 0.480. The van der Waals surface area contributed by atoms with E-state index < -0.39 is 0 Å². The number of hydrogen-bond acceptors (Lipinski definition) is 3. The fourth-order valence-electron chi connectivity index (χ4n) is 2.56. The molecule has 0 saturated heterocycles. The molecule has 0 aliphatic rings. The molecule has 25 heavy (non-hydrogen) atoms. The highest BCUT2D eigenvalue weighted by Crippen LogP contribution is 2.26. The standard InChI is InChI=1S/C21H17FN2O/c1-2-3-15-12-18(14-23)24-21(13-15)16-4-8-19(9-5-16)25-20-10-6-17(22)7-11-20/h4-13H,2-3H2,1H3. The number of halogens is 1. The molecule has 3 aromatic rings. The average molecular weight is 332 g/mol. The zero-order chi connectivity index (χ0) is 17.6. The third kappa shape index (κ3) is 4.21. The zero-order valence-corrected chi connectivity index (χ0v) is 13.9. The SMILES string of the molecule is CCCc1cc(C#N)nc(-c2ccc(Oc3ccc(F)cc3)cc2)c1. The van der Waals surface area contributed by atoms with Crippen LogP contribution in [0.15, 0.2) is 60.7 Å². The minimum absolute atomic E-state index is 0.297. The van der Waals surface area contributed by atoms with E-state index in [0.29, 0.717) is 17.2 Å². The van der Waals surface area contributed by atoms with Crippen molar-refractivity contribution in [3.63, 3.8) is 0 Å². The number of aryl methyl sites for hydroxylation is 1. The Kier molecular flexibility index (Phi) is 5.06. The highest BCUT2D eigenvalue weighted by atomic mass is 19.1. The van der Waals surface area contributed by atoms with Gasteiger partial charge in [-0.2, -0.15) is 5.26 Å². The predicted molar refractivity (Wildman–Crippen MR) is 94.9 cm³/mol. The van der Waals surface area contributed by atoms with E-state index in [2.05, 4.69) is 18.0 Å². The van der Waals surface area contributed by atoms with Gasteiger partial charge in [-0.3, -0.25) is 0 Å². The molecule has 1 aromatic heterocycles. The normalized spacial score (nSPS) is 10.3. The van der Waals surface area contributed by atoms with Gasteiger partial charge in [0, 0.05) is 5.56 Å². The first-order chi connectivity index (χ1) is 12.2. The van der Waals surface area contributed by atoms with Crippen LogP contribution in [0.4, 0.5) is 4.39 Å². The summed E-state index contributed by atoms with van der Waals surface area (Å²) in [6.45, 7) is 2.10. The Morgan fingerprint density at radius 2 is 1.64 bits per heavy atom. The van der Waals surface area contributed by atoms with Gasteiger partial charge < -0.3 is 4.74 Å². The number of pyridine rings is 1. The molecule has 3 rings (SSSR count). The van der Waals surface area contributed by atoms with Crippen LogP contribution in [-0.4, -0.2) is 4.98 Å². The Morgan fingerprint density at radius 1 is 1.00 bits per heavy atom. The van der Waals surface area contributed by atoms with Crippen LogP contribution in [0.25, 0.3) is 11.3 Å². The van der Waals surface area contributed by atoms with Crippen molar-refractivity contribution in [3.8, 4) is 28.8 Å². The molecule has 0 amide bonds. The third-order valence-electron chi connectivity index (χ3n) is 3.74. The van der Waals surface area contributed by atoms with Gasteiger partial charge >= 0.3 is 0 Å². The van der Waals surface area contributed by atoms with Crippen molar-refractivity contribution in [2.45, 2.75) is 19.8 Å². The summed E-state index contributed by atoms with van der Waals surface area (Å²) in [7, 11) is 0. The summed E-state index contributed by atoms with van der Waals surface area (Å²) in [5.41, 5.74) is 3.22. The van der Waals surface area contributed by atoms with Crippen molar-refractivity contribution in [1.82, 2.24) is 4.98 Å². The predicted octanol–water partition coefficient (Wildman–Crippen LogP) is 5.50. The molecule has 0 fully saturated rings. The van der Waals surface area contributed by atoms with Crippen LogP contribution in [0.2, 0.25) is 0 Å². The quantitative estimate of drug-likeness (QED) is 0.619. The maximum absolute atomic E-state index is 12.9. The van der Waals surface area contributed by atoms with E-state index in [1.165, 1.54) is 12.1 Å². The number of benzene rings is 2. The van der Waals surface area contributed by atoms with Gasteiger partial charge in [0.15, 0.2) is 0 Å². The molecule has 0 bridgehead atoms. The lowest BCUT2D eigenvalue weighted by atomic mass is 10.1. The number of aromatic nitrogens is 1. The smallest absolute Gasteiger partial charge is 0.141 e. The first-order valence-electron chi connectivity index (χ1n) is 8.13. The molecule has 2 aromatic carbocycles. The first kappa shape index (κ1) is 16.7. The Morgan fingerprint density at radius 3 is 2.24 bits per heavy atom. The Bertz CT molecular complexity index is 897. The van der Waals surface area contributed by atoms with E-state index in [-0.39, 0.29) is 5.82 Å². The van der Waals surface area contributed by atoms with Gasteiger partial charge in [0.1, 0.15) is 29.1 Å². The Hall–Kier alpha value is -3.19. The van der Waals surface area contributed by atoms with Crippen LogP contribution in [-0.2, 0) is 6.42 Å². The fourth-order valence-corrected chi connectivity index (χ4v) is 2.56. The van der Waals surface area contributed by atoms with Gasteiger partial charge in [-0.1, -0.05) is 13.3 Å². The van der Waals surface area contributed by atoms with Crippen LogP contribution in [0, 0.1) is 17.1 Å². The summed E-state index contributed by atoms with van der Waals surface area (Å²) in [6.07, 6.45) is 1.93. The van der Waals surface area contributed by atoms with Gasteiger partial charge in [-0.05, 0) is 72.6 Å². The molecular formula is C21H17FN2O. The average Bonchev–Trinajstić information content (AvgIpc) is 2.64. The second-order valence-corrected chi connectivity index (χ2v) is 5.69. The monoisotopic (exact) mass is 332 g/mol. The summed E-state index contributed by atoms with van der Waals surface area (Å²) in [5, 5.41) is 9.17. The van der Waals surface area contributed by atoms with Gasteiger partial charge in [-0.15, -0.1) is 0 Å². The van der Waals surface area contributed by atoms with Crippen LogP contribution in [0.1, 0.15) is 24.6 Å². The molecule has 124 valence electrons.